The normalized spacial score (nSPS) is 11.0. The molecule has 2 aromatic carbocycles. The van der Waals surface area contributed by atoms with Crippen LogP contribution in [0.2, 0.25) is 5.02 Å². The highest BCUT2D eigenvalue weighted by atomic mass is 35.5. The van der Waals surface area contributed by atoms with E-state index in [0.717, 1.165) is 12.3 Å². The number of rotatable bonds is 5. The molecule has 0 fully saturated rings. The van der Waals surface area contributed by atoms with Crippen LogP contribution in [-0.4, -0.2) is 33.2 Å². The number of esters is 1. The molecule has 0 saturated heterocycles. The van der Waals surface area contributed by atoms with E-state index >= 15 is 0 Å². The summed E-state index contributed by atoms with van der Waals surface area (Å²) in [6, 6.07) is 8.78. The first-order valence-electron chi connectivity index (χ1n) is 6.89. The Hall–Kier alpha value is -2.45. The minimum Gasteiger partial charge on any atom is -0.452 e. The average molecular weight is 386 g/mol. The zero-order valence-corrected chi connectivity index (χ0v) is 14.5. The molecule has 1 N–H and O–H groups in total. The molecule has 0 spiro atoms. The van der Waals surface area contributed by atoms with Gasteiger partial charge in [-0.25, -0.2) is 17.6 Å². The highest BCUT2D eigenvalue weighted by Gasteiger charge is 2.13. The molecule has 0 saturated carbocycles. The number of anilines is 1. The maximum atomic E-state index is 13.6. The van der Waals surface area contributed by atoms with E-state index in [-0.39, 0.29) is 21.2 Å². The van der Waals surface area contributed by atoms with Gasteiger partial charge in [-0.05, 0) is 42.5 Å². The summed E-state index contributed by atoms with van der Waals surface area (Å²) in [4.78, 5) is 23.6. The van der Waals surface area contributed by atoms with Gasteiger partial charge in [-0.15, -0.1) is 0 Å². The Bertz CT molecular complexity index is 913. The highest BCUT2D eigenvalue weighted by molar-refractivity contribution is 7.90. The molecule has 2 rings (SSSR count). The van der Waals surface area contributed by atoms with E-state index < -0.39 is 34.1 Å². The Morgan fingerprint density at radius 1 is 1.16 bits per heavy atom. The number of nitrogens with one attached hydrogen (secondary N) is 1. The number of hydrogen-bond donors (Lipinski definition) is 1. The maximum absolute atomic E-state index is 13.6. The van der Waals surface area contributed by atoms with Crippen LogP contribution in [0, 0.1) is 5.82 Å². The minimum atomic E-state index is -3.37. The number of carbonyl (C=O) groups excluding carboxylic acids is 2. The number of carbonyl (C=O) groups is 2. The predicted molar refractivity (Wildman–Crippen MR) is 89.9 cm³/mol. The summed E-state index contributed by atoms with van der Waals surface area (Å²) < 4.78 is 41.0. The largest absolute Gasteiger partial charge is 0.452 e. The SMILES string of the molecule is CS(=O)(=O)c1ccc(C(=O)OCC(=O)Nc2ccc(Cl)cc2F)cc1. The summed E-state index contributed by atoms with van der Waals surface area (Å²) in [6.45, 7) is -0.630. The maximum Gasteiger partial charge on any atom is 0.338 e. The van der Waals surface area contributed by atoms with Crippen molar-refractivity contribution in [3.63, 3.8) is 0 Å². The summed E-state index contributed by atoms with van der Waals surface area (Å²) in [6.07, 6.45) is 1.04. The molecule has 0 atom stereocenters. The summed E-state index contributed by atoms with van der Waals surface area (Å²) in [5.41, 5.74) is -0.0131. The third-order valence-corrected chi connectivity index (χ3v) is 4.42. The van der Waals surface area contributed by atoms with Crippen LogP contribution in [0.15, 0.2) is 47.4 Å². The number of ether oxygens (including phenoxy) is 1. The first kappa shape index (κ1) is 18.9. The van der Waals surface area contributed by atoms with E-state index in [2.05, 4.69) is 5.32 Å². The van der Waals surface area contributed by atoms with Crippen LogP contribution < -0.4 is 5.32 Å². The van der Waals surface area contributed by atoms with Crippen molar-refractivity contribution in [3.05, 3.63) is 58.9 Å². The number of amides is 1. The second kappa shape index (κ2) is 7.62. The Morgan fingerprint density at radius 3 is 2.36 bits per heavy atom. The van der Waals surface area contributed by atoms with E-state index in [9.17, 15) is 22.4 Å². The van der Waals surface area contributed by atoms with E-state index in [1.165, 1.54) is 36.4 Å². The van der Waals surface area contributed by atoms with Crippen molar-refractivity contribution in [1.82, 2.24) is 0 Å². The van der Waals surface area contributed by atoms with Gasteiger partial charge in [0.1, 0.15) is 5.82 Å². The molecule has 1 amide bonds. The van der Waals surface area contributed by atoms with Crippen LogP contribution >= 0.6 is 11.6 Å². The second-order valence-electron chi connectivity index (χ2n) is 5.05. The standard InChI is InChI=1S/C16H13ClFNO5S/c1-25(22,23)12-5-2-10(3-6-12)16(21)24-9-15(20)19-14-7-4-11(17)8-13(14)18/h2-8H,9H2,1H3,(H,19,20). The van der Waals surface area contributed by atoms with Gasteiger partial charge in [0.2, 0.25) is 0 Å². The van der Waals surface area contributed by atoms with Crippen LogP contribution in [0.3, 0.4) is 0 Å². The fraction of sp³-hybridized carbons (Fsp3) is 0.125. The van der Waals surface area contributed by atoms with Crippen molar-refractivity contribution >= 4 is 39.0 Å². The Balaban J connectivity index is 1.94. The van der Waals surface area contributed by atoms with Gasteiger partial charge < -0.3 is 10.1 Å². The monoisotopic (exact) mass is 385 g/mol. The van der Waals surface area contributed by atoms with Gasteiger partial charge >= 0.3 is 5.97 Å². The van der Waals surface area contributed by atoms with E-state index in [0.29, 0.717) is 0 Å². The molecule has 0 bridgehead atoms. The summed E-state index contributed by atoms with van der Waals surface area (Å²) in [5.74, 6) is -2.27. The van der Waals surface area contributed by atoms with Gasteiger partial charge in [-0.2, -0.15) is 0 Å². The van der Waals surface area contributed by atoms with Crippen LogP contribution in [0.1, 0.15) is 10.4 Å². The average Bonchev–Trinajstić information content (AvgIpc) is 2.54. The number of sulfone groups is 1. The molecule has 2 aromatic rings. The minimum absolute atomic E-state index is 0.0556. The first-order valence-corrected chi connectivity index (χ1v) is 9.16. The third kappa shape index (κ3) is 5.27. The predicted octanol–water partition coefficient (Wildman–Crippen LogP) is 2.68. The van der Waals surface area contributed by atoms with Crippen molar-refractivity contribution in [1.29, 1.82) is 0 Å². The van der Waals surface area contributed by atoms with Crippen LogP contribution in [0.5, 0.6) is 0 Å². The molecule has 0 heterocycles. The topological polar surface area (TPSA) is 89.5 Å². The van der Waals surface area contributed by atoms with Gasteiger partial charge in [-0.3, -0.25) is 4.79 Å². The molecule has 0 radical (unpaired) electrons. The summed E-state index contributed by atoms with van der Waals surface area (Å²) >= 11 is 5.60. The molecular formula is C16H13ClFNO5S. The lowest BCUT2D eigenvalue weighted by Gasteiger charge is -2.08. The molecule has 9 heteroatoms. The van der Waals surface area contributed by atoms with E-state index in [4.69, 9.17) is 16.3 Å². The van der Waals surface area contributed by atoms with Gasteiger partial charge in [-0.1, -0.05) is 11.6 Å². The number of benzene rings is 2. The Labute approximate surface area is 148 Å². The van der Waals surface area contributed by atoms with Gasteiger partial charge in [0.05, 0.1) is 16.1 Å². The molecular weight excluding hydrogens is 373 g/mol. The van der Waals surface area contributed by atoms with Crippen molar-refractivity contribution in [2.45, 2.75) is 4.90 Å². The van der Waals surface area contributed by atoms with Crippen molar-refractivity contribution < 1.29 is 27.1 Å². The smallest absolute Gasteiger partial charge is 0.338 e. The quantitative estimate of drug-likeness (QED) is 0.799. The zero-order valence-electron chi connectivity index (χ0n) is 13.0. The second-order valence-corrected chi connectivity index (χ2v) is 7.50. The van der Waals surface area contributed by atoms with E-state index in [1.54, 1.807) is 0 Å². The van der Waals surface area contributed by atoms with Gasteiger partial charge in [0, 0.05) is 11.3 Å². The van der Waals surface area contributed by atoms with Crippen LogP contribution in [0.25, 0.3) is 0 Å². The summed E-state index contributed by atoms with van der Waals surface area (Å²) in [5, 5.41) is 2.42. The lowest BCUT2D eigenvalue weighted by molar-refractivity contribution is -0.119. The number of halogens is 2. The van der Waals surface area contributed by atoms with Crippen molar-refractivity contribution in [2.75, 3.05) is 18.2 Å². The van der Waals surface area contributed by atoms with Crippen molar-refractivity contribution in [3.8, 4) is 0 Å². The van der Waals surface area contributed by atoms with Gasteiger partial charge in [0.15, 0.2) is 16.4 Å². The molecule has 25 heavy (non-hydrogen) atoms. The fourth-order valence-electron chi connectivity index (χ4n) is 1.83. The fourth-order valence-corrected chi connectivity index (χ4v) is 2.62. The molecule has 0 aliphatic rings. The Kier molecular flexibility index (Phi) is 5.76. The third-order valence-electron chi connectivity index (χ3n) is 3.06. The molecule has 0 aliphatic heterocycles. The number of hydrogen-bond acceptors (Lipinski definition) is 5. The lowest BCUT2D eigenvalue weighted by atomic mass is 10.2. The van der Waals surface area contributed by atoms with Gasteiger partial charge in [0.25, 0.3) is 5.91 Å². The van der Waals surface area contributed by atoms with Crippen LogP contribution in [0.4, 0.5) is 10.1 Å². The highest BCUT2D eigenvalue weighted by Crippen LogP contribution is 2.18. The molecule has 0 aromatic heterocycles. The molecule has 132 valence electrons. The molecule has 6 nitrogen and oxygen atoms in total. The first-order chi connectivity index (χ1) is 11.7. The summed E-state index contributed by atoms with van der Waals surface area (Å²) in [7, 11) is -3.37. The lowest BCUT2D eigenvalue weighted by Crippen LogP contribution is -2.21. The zero-order chi connectivity index (χ0) is 18.6. The van der Waals surface area contributed by atoms with Crippen molar-refractivity contribution in [2.24, 2.45) is 0 Å². The molecule has 0 unspecified atom stereocenters. The Morgan fingerprint density at radius 2 is 1.80 bits per heavy atom. The van der Waals surface area contributed by atoms with Crippen LogP contribution in [-0.2, 0) is 19.4 Å². The van der Waals surface area contributed by atoms with E-state index in [1.807, 2.05) is 0 Å². The molecule has 0 aliphatic carbocycles.